The summed E-state index contributed by atoms with van der Waals surface area (Å²) in [5, 5.41) is 3.55. The van der Waals surface area contributed by atoms with Crippen LogP contribution >= 0.6 is 0 Å². The molecule has 0 spiro atoms. The third-order valence-electron chi connectivity index (χ3n) is 5.26. The van der Waals surface area contributed by atoms with Crippen molar-refractivity contribution in [2.75, 3.05) is 26.7 Å². The molecule has 0 saturated carbocycles. The van der Waals surface area contributed by atoms with Gasteiger partial charge in [0.05, 0.1) is 4.90 Å². The number of carbonyl (C=O) groups excluding carboxylic acids is 1. The fourth-order valence-corrected chi connectivity index (χ4v) is 4.90. The third kappa shape index (κ3) is 4.42. The first-order chi connectivity index (χ1) is 12.4. The summed E-state index contributed by atoms with van der Waals surface area (Å²) in [5.74, 6) is -0.384. The number of halogens is 1. The Labute approximate surface area is 154 Å². The average Bonchev–Trinajstić information content (AvgIpc) is 2.93. The maximum atomic E-state index is 13.0. The lowest BCUT2D eigenvalue weighted by molar-refractivity contribution is -0.131. The van der Waals surface area contributed by atoms with Gasteiger partial charge in [0, 0.05) is 45.2 Å². The van der Waals surface area contributed by atoms with Crippen molar-refractivity contribution in [3.05, 3.63) is 30.1 Å². The molecule has 2 heterocycles. The highest BCUT2D eigenvalue weighted by atomic mass is 32.2. The van der Waals surface area contributed by atoms with Crippen molar-refractivity contribution in [1.82, 2.24) is 14.5 Å². The summed E-state index contributed by atoms with van der Waals surface area (Å²) in [4.78, 5) is 14.4. The Balaban J connectivity index is 1.49. The van der Waals surface area contributed by atoms with E-state index in [1.807, 2.05) is 4.90 Å². The Morgan fingerprint density at radius 2 is 1.92 bits per heavy atom. The Kier molecular flexibility index (Phi) is 5.94. The Morgan fingerprint density at radius 1 is 1.23 bits per heavy atom. The second-order valence-electron chi connectivity index (χ2n) is 7.15. The number of fused-ring (bicyclic) bond motifs is 2. The molecule has 2 aliphatic rings. The maximum absolute atomic E-state index is 13.0. The molecule has 0 radical (unpaired) electrons. The molecule has 2 bridgehead atoms. The van der Waals surface area contributed by atoms with Crippen LogP contribution < -0.4 is 5.32 Å². The van der Waals surface area contributed by atoms with Gasteiger partial charge in [0.2, 0.25) is 15.9 Å². The summed E-state index contributed by atoms with van der Waals surface area (Å²) in [6.45, 7) is 1.78. The molecule has 1 N–H and O–H groups in total. The standard InChI is InChI=1S/C18H26FN3O3S/c1-21(26(24,25)17-8-4-14(19)5-9-17)11-2-3-18(23)22-12-10-15-6-7-16(13-22)20-15/h4-5,8-9,15-16,20H,2-3,6-7,10-13H2,1H3. The first-order valence-electron chi connectivity index (χ1n) is 9.12. The molecule has 144 valence electrons. The Hall–Kier alpha value is -1.51. The van der Waals surface area contributed by atoms with E-state index in [1.54, 1.807) is 0 Å². The summed E-state index contributed by atoms with van der Waals surface area (Å²) in [5.41, 5.74) is 0. The molecule has 26 heavy (non-hydrogen) atoms. The molecule has 1 aromatic carbocycles. The summed E-state index contributed by atoms with van der Waals surface area (Å²) in [6.07, 6.45) is 4.10. The maximum Gasteiger partial charge on any atom is 0.242 e. The quantitative estimate of drug-likeness (QED) is 0.810. The highest BCUT2D eigenvalue weighted by Crippen LogP contribution is 2.21. The molecule has 2 saturated heterocycles. The topological polar surface area (TPSA) is 69.7 Å². The molecule has 8 heteroatoms. The normalized spacial score (nSPS) is 23.3. The van der Waals surface area contributed by atoms with Gasteiger partial charge in [0.15, 0.2) is 0 Å². The Bertz CT molecular complexity index is 739. The van der Waals surface area contributed by atoms with Crippen LogP contribution in [0.1, 0.15) is 32.1 Å². The van der Waals surface area contributed by atoms with Crippen LogP contribution in [0.2, 0.25) is 0 Å². The van der Waals surface area contributed by atoms with Crippen LogP contribution in [-0.4, -0.2) is 62.3 Å². The van der Waals surface area contributed by atoms with E-state index in [9.17, 15) is 17.6 Å². The summed E-state index contributed by atoms with van der Waals surface area (Å²) < 4.78 is 39.1. The van der Waals surface area contributed by atoms with Crippen molar-refractivity contribution in [3.8, 4) is 0 Å². The molecule has 2 unspecified atom stereocenters. The number of hydrogen-bond acceptors (Lipinski definition) is 4. The lowest BCUT2D eigenvalue weighted by Crippen LogP contribution is -2.39. The van der Waals surface area contributed by atoms with Gasteiger partial charge >= 0.3 is 0 Å². The minimum atomic E-state index is -3.66. The molecule has 3 rings (SSSR count). The second kappa shape index (κ2) is 8.02. The van der Waals surface area contributed by atoms with Gasteiger partial charge in [-0.3, -0.25) is 4.79 Å². The predicted octanol–water partition coefficient (Wildman–Crippen LogP) is 1.58. The lowest BCUT2D eigenvalue weighted by atomic mass is 10.1. The first kappa shape index (κ1) is 19.3. The molecule has 2 atom stereocenters. The number of carbonyl (C=O) groups is 1. The van der Waals surface area contributed by atoms with Gasteiger partial charge in [0.25, 0.3) is 0 Å². The van der Waals surface area contributed by atoms with Crippen LogP contribution in [0.15, 0.2) is 29.2 Å². The van der Waals surface area contributed by atoms with Crippen LogP contribution in [0.5, 0.6) is 0 Å². The highest BCUT2D eigenvalue weighted by molar-refractivity contribution is 7.89. The van der Waals surface area contributed by atoms with E-state index in [0.29, 0.717) is 24.9 Å². The average molecular weight is 383 g/mol. The molecule has 6 nitrogen and oxygen atoms in total. The van der Waals surface area contributed by atoms with Gasteiger partial charge in [-0.2, -0.15) is 0 Å². The zero-order valence-electron chi connectivity index (χ0n) is 15.0. The van der Waals surface area contributed by atoms with E-state index in [-0.39, 0.29) is 17.3 Å². The highest BCUT2D eigenvalue weighted by Gasteiger charge is 2.31. The Morgan fingerprint density at radius 3 is 2.65 bits per heavy atom. The molecule has 2 aliphatic heterocycles. The van der Waals surface area contributed by atoms with Crippen LogP contribution in [0, 0.1) is 5.82 Å². The summed E-state index contributed by atoms with van der Waals surface area (Å²) in [7, 11) is -2.18. The molecule has 0 aliphatic carbocycles. The smallest absolute Gasteiger partial charge is 0.242 e. The van der Waals surface area contributed by atoms with E-state index < -0.39 is 15.8 Å². The number of likely N-dealkylation sites (tertiary alicyclic amines) is 1. The van der Waals surface area contributed by atoms with Gasteiger partial charge < -0.3 is 10.2 Å². The fourth-order valence-electron chi connectivity index (χ4n) is 3.69. The van der Waals surface area contributed by atoms with Gasteiger partial charge in [-0.05, 0) is 49.9 Å². The zero-order valence-corrected chi connectivity index (χ0v) is 15.8. The zero-order chi connectivity index (χ0) is 18.7. The largest absolute Gasteiger partial charge is 0.341 e. The van der Waals surface area contributed by atoms with Crippen LogP contribution in [0.3, 0.4) is 0 Å². The molecular formula is C18H26FN3O3S. The van der Waals surface area contributed by atoms with Crippen molar-refractivity contribution in [3.63, 3.8) is 0 Å². The van der Waals surface area contributed by atoms with Crippen molar-refractivity contribution in [1.29, 1.82) is 0 Å². The van der Waals surface area contributed by atoms with Crippen molar-refractivity contribution >= 4 is 15.9 Å². The summed E-state index contributed by atoms with van der Waals surface area (Å²) >= 11 is 0. The van der Waals surface area contributed by atoms with E-state index in [0.717, 1.165) is 38.1 Å². The molecule has 1 amide bonds. The second-order valence-corrected chi connectivity index (χ2v) is 9.20. The molecule has 1 aromatic rings. The first-order valence-corrected chi connectivity index (χ1v) is 10.6. The van der Waals surface area contributed by atoms with Gasteiger partial charge in [-0.1, -0.05) is 0 Å². The van der Waals surface area contributed by atoms with Gasteiger partial charge in [-0.25, -0.2) is 17.1 Å². The number of amides is 1. The number of hydrogen-bond donors (Lipinski definition) is 1. The predicted molar refractivity (Wildman–Crippen MR) is 96.6 cm³/mol. The molecule has 0 aromatic heterocycles. The number of nitrogens with zero attached hydrogens (tertiary/aromatic N) is 2. The number of nitrogens with one attached hydrogen (secondary N) is 1. The fraction of sp³-hybridized carbons (Fsp3) is 0.611. The van der Waals surface area contributed by atoms with Gasteiger partial charge in [-0.15, -0.1) is 0 Å². The van der Waals surface area contributed by atoms with Crippen LogP contribution in [-0.2, 0) is 14.8 Å². The van der Waals surface area contributed by atoms with Crippen molar-refractivity contribution in [2.45, 2.75) is 49.1 Å². The van der Waals surface area contributed by atoms with Crippen LogP contribution in [0.4, 0.5) is 4.39 Å². The monoisotopic (exact) mass is 383 g/mol. The number of rotatable bonds is 6. The van der Waals surface area contributed by atoms with Crippen molar-refractivity contribution < 1.29 is 17.6 Å². The van der Waals surface area contributed by atoms with Crippen molar-refractivity contribution in [2.24, 2.45) is 0 Å². The minimum absolute atomic E-state index is 0.0577. The van der Waals surface area contributed by atoms with E-state index in [1.165, 1.54) is 29.9 Å². The SMILES string of the molecule is CN(CCCC(=O)N1CCC2CCC(C1)N2)S(=O)(=O)c1ccc(F)cc1. The summed E-state index contributed by atoms with van der Waals surface area (Å²) in [6, 6.07) is 5.70. The lowest BCUT2D eigenvalue weighted by Gasteiger charge is -2.25. The minimum Gasteiger partial charge on any atom is -0.341 e. The van der Waals surface area contributed by atoms with E-state index in [4.69, 9.17) is 0 Å². The third-order valence-corrected chi connectivity index (χ3v) is 7.13. The molecular weight excluding hydrogens is 357 g/mol. The van der Waals surface area contributed by atoms with E-state index >= 15 is 0 Å². The molecule has 2 fully saturated rings. The van der Waals surface area contributed by atoms with E-state index in [2.05, 4.69) is 5.32 Å². The number of sulfonamides is 1. The number of benzene rings is 1. The van der Waals surface area contributed by atoms with Crippen LogP contribution in [0.25, 0.3) is 0 Å². The van der Waals surface area contributed by atoms with Gasteiger partial charge in [0.1, 0.15) is 5.82 Å².